The fourth-order valence-electron chi connectivity index (χ4n) is 1.52. The van der Waals surface area contributed by atoms with Gasteiger partial charge < -0.3 is 0 Å². The maximum absolute atomic E-state index is 11.9. The van der Waals surface area contributed by atoms with Gasteiger partial charge in [0, 0.05) is 11.6 Å². The second-order valence-corrected chi connectivity index (χ2v) is 7.52. The summed E-state index contributed by atoms with van der Waals surface area (Å²) in [5.41, 5.74) is 0.0993. The maximum Gasteiger partial charge on any atom is 0.242 e. The Kier molecular flexibility index (Phi) is 3.40. The van der Waals surface area contributed by atoms with Crippen molar-refractivity contribution in [3.8, 4) is 6.07 Å². The summed E-state index contributed by atoms with van der Waals surface area (Å²) in [7, 11) is -7.18. The van der Waals surface area contributed by atoms with Crippen LogP contribution in [0.5, 0.6) is 0 Å². The molecule has 100 valence electrons. The molecule has 0 aliphatic carbocycles. The lowest BCUT2D eigenvalue weighted by molar-refractivity contribution is 0.574. The molecule has 1 aliphatic heterocycles. The predicted octanol–water partition coefficient (Wildman–Crippen LogP) is -0.458. The molecule has 0 bridgehead atoms. The fraction of sp³-hybridized carbons (Fsp3) is 0.200. The van der Waals surface area contributed by atoms with Crippen molar-refractivity contribution < 1.29 is 16.8 Å². The fourth-order valence-corrected chi connectivity index (χ4v) is 4.00. The lowest BCUT2D eigenvalue weighted by Gasteiger charge is -2.10. The summed E-state index contributed by atoms with van der Waals surface area (Å²) < 4.78 is 48.5. The van der Waals surface area contributed by atoms with Gasteiger partial charge in [-0.05, 0) is 12.1 Å². The number of nitriles is 1. The van der Waals surface area contributed by atoms with Gasteiger partial charge in [0.1, 0.15) is 16.7 Å². The van der Waals surface area contributed by atoms with Gasteiger partial charge in [0.15, 0.2) is 9.84 Å². The van der Waals surface area contributed by atoms with Gasteiger partial charge in [-0.25, -0.2) is 26.5 Å². The molecule has 0 radical (unpaired) electrons. The summed E-state index contributed by atoms with van der Waals surface area (Å²) in [5.74, 6) is -0.296. The first-order valence-electron chi connectivity index (χ1n) is 5.12. The molecule has 0 fully saturated rings. The number of sulfonamides is 1. The van der Waals surface area contributed by atoms with E-state index in [4.69, 9.17) is 5.26 Å². The zero-order chi connectivity index (χ0) is 14.1. The van der Waals surface area contributed by atoms with E-state index in [-0.39, 0.29) is 16.3 Å². The first kappa shape index (κ1) is 13.7. The molecule has 2 rings (SSSR count). The third-order valence-electron chi connectivity index (χ3n) is 2.40. The van der Waals surface area contributed by atoms with Crippen LogP contribution in [0.4, 0.5) is 0 Å². The van der Waals surface area contributed by atoms with Gasteiger partial charge in [0.2, 0.25) is 10.0 Å². The Hall–Kier alpha value is -1.76. The SMILES string of the molecule is N#Cc1ccc(S(=O)(=O)NC2C=CS(=O)(=O)C2)cn1. The Bertz CT molecular complexity index is 758. The molecular weight excluding hydrogens is 290 g/mol. The van der Waals surface area contributed by atoms with Crippen molar-refractivity contribution in [2.45, 2.75) is 10.9 Å². The number of hydrogen-bond donors (Lipinski definition) is 1. The summed E-state index contributed by atoms with van der Waals surface area (Å²) in [4.78, 5) is 3.53. The van der Waals surface area contributed by atoms with Crippen LogP contribution in [0.15, 0.2) is 34.7 Å². The van der Waals surface area contributed by atoms with Gasteiger partial charge in [-0.3, -0.25) is 0 Å². The summed E-state index contributed by atoms with van der Waals surface area (Å²) >= 11 is 0. The number of rotatable bonds is 3. The topological polar surface area (TPSA) is 117 Å². The molecule has 1 atom stereocenters. The van der Waals surface area contributed by atoms with Gasteiger partial charge in [0.25, 0.3) is 0 Å². The number of aromatic nitrogens is 1. The Labute approximate surface area is 110 Å². The molecule has 7 nitrogen and oxygen atoms in total. The standard InChI is InChI=1S/C10H9N3O4S2/c11-5-8-1-2-10(6-12-8)19(16,17)13-9-3-4-18(14,15)7-9/h1-4,6,9,13H,7H2. The molecule has 0 aromatic carbocycles. The zero-order valence-electron chi connectivity index (χ0n) is 9.52. The second-order valence-electron chi connectivity index (χ2n) is 3.88. The number of hydrogen-bond acceptors (Lipinski definition) is 6. The van der Waals surface area contributed by atoms with Crippen LogP contribution in [0.2, 0.25) is 0 Å². The Morgan fingerprint density at radius 3 is 2.63 bits per heavy atom. The van der Waals surface area contributed by atoms with E-state index in [2.05, 4.69) is 9.71 Å². The van der Waals surface area contributed by atoms with Crippen LogP contribution >= 0.6 is 0 Å². The van der Waals surface area contributed by atoms with Crippen LogP contribution in [0.1, 0.15) is 5.69 Å². The smallest absolute Gasteiger partial charge is 0.242 e. The van der Waals surface area contributed by atoms with Gasteiger partial charge in [0.05, 0.1) is 11.8 Å². The Morgan fingerprint density at radius 2 is 2.16 bits per heavy atom. The summed E-state index contributed by atoms with van der Waals surface area (Å²) in [6.07, 6.45) is 2.33. The van der Waals surface area contributed by atoms with E-state index in [1.54, 1.807) is 6.07 Å². The van der Waals surface area contributed by atoms with Gasteiger partial charge >= 0.3 is 0 Å². The highest BCUT2D eigenvalue weighted by molar-refractivity contribution is 7.94. The number of sulfone groups is 1. The molecule has 1 N–H and O–H groups in total. The van der Waals surface area contributed by atoms with E-state index in [9.17, 15) is 16.8 Å². The minimum atomic E-state index is -3.86. The summed E-state index contributed by atoms with van der Waals surface area (Å²) in [5, 5.41) is 9.55. The van der Waals surface area contributed by atoms with Crippen LogP contribution in [-0.2, 0) is 19.9 Å². The highest BCUT2D eigenvalue weighted by Crippen LogP contribution is 2.13. The van der Waals surface area contributed by atoms with Crippen molar-refractivity contribution in [3.05, 3.63) is 35.5 Å². The molecule has 1 aromatic rings. The van der Waals surface area contributed by atoms with E-state index in [0.717, 1.165) is 11.6 Å². The number of nitrogens with zero attached hydrogens (tertiary/aromatic N) is 2. The van der Waals surface area contributed by atoms with Gasteiger partial charge in [-0.2, -0.15) is 5.26 Å². The summed E-state index contributed by atoms with van der Waals surface area (Å²) in [6, 6.07) is 3.50. The third-order valence-corrected chi connectivity index (χ3v) is 5.27. The van der Waals surface area contributed by atoms with Crippen LogP contribution in [0, 0.1) is 11.3 Å². The quantitative estimate of drug-likeness (QED) is 0.807. The minimum Gasteiger partial charge on any atom is -0.244 e. The molecule has 0 saturated heterocycles. The summed E-state index contributed by atoms with van der Waals surface area (Å²) in [6.45, 7) is 0. The van der Waals surface area contributed by atoms with Crippen molar-refractivity contribution in [2.75, 3.05) is 5.75 Å². The van der Waals surface area contributed by atoms with E-state index < -0.39 is 25.9 Å². The maximum atomic E-state index is 11.9. The van der Waals surface area contributed by atoms with Crippen molar-refractivity contribution in [1.29, 1.82) is 5.26 Å². The molecule has 0 spiro atoms. The molecular formula is C10H9N3O4S2. The van der Waals surface area contributed by atoms with Crippen molar-refractivity contribution in [2.24, 2.45) is 0 Å². The molecule has 0 saturated carbocycles. The largest absolute Gasteiger partial charge is 0.244 e. The highest BCUT2D eigenvalue weighted by atomic mass is 32.2. The van der Waals surface area contributed by atoms with Gasteiger partial charge in [-0.1, -0.05) is 6.08 Å². The van der Waals surface area contributed by atoms with Crippen LogP contribution < -0.4 is 4.72 Å². The monoisotopic (exact) mass is 299 g/mol. The van der Waals surface area contributed by atoms with E-state index in [1.807, 2.05) is 0 Å². The van der Waals surface area contributed by atoms with E-state index in [0.29, 0.717) is 0 Å². The van der Waals surface area contributed by atoms with Gasteiger partial charge in [-0.15, -0.1) is 0 Å². The molecule has 1 unspecified atom stereocenters. The molecule has 2 heterocycles. The second kappa shape index (κ2) is 4.73. The average molecular weight is 299 g/mol. The minimum absolute atomic E-state index is 0.0993. The highest BCUT2D eigenvalue weighted by Gasteiger charge is 2.26. The van der Waals surface area contributed by atoms with Crippen LogP contribution in [-0.4, -0.2) is 33.6 Å². The molecule has 19 heavy (non-hydrogen) atoms. The predicted molar refractivity (Wildman–Crippen MR) is 66.0 cm³/mol. The lowest BCUT2D eigenvalue weighted by atomic mass is 10.4. The molecule has 1 aliphatic rings. The normalized spacial score (nSPS) is 21.1. The van der Waals surface area contributed by atoms with Crippen molar-refractivity contribution >= 4 is 19.9 Å². The Balaban J connectivity index is 2.20. The lowest BCUT2D eigenvalue weighted by Crippen LogP contribution is -2.35. The number of nitrogens with one attached hydrogen (secondary N) is 1. The van der Waals surface area contributed by atoms with Crippen LogP contribution in [0.3, 0.4) is 0 Å². The molecule has 0 amide bonds. The first-order valence-corrected chi connectivity index (χ1v) is 8.32. The zero-order valence-corrected chi connectivity index (χ0v) is 11.1. The van der Waals surface area contributed by atoms with E-state index >= 15 is 0 Å². The average Bonchev–Trinajstić information content (AvgIpc) is 2.68. The molecule has 1 aromatic heterocycles. The van der Waals surface area contributed by atoms with Crippen molar-refractivity contribution in [1.82, 2.24) is 9.71 Å². The van der Waals surface area contributed by atoms with E-state index in [1.165, 1.54) is 18.2 Å². The first-order chi connectivity index (χ1) is 8.82. The number of pyridine rings is 1. The van der Waals surface area contributed by atoms with Crippen LogP contribution in [0.25, 0.3) is 0 Å². The van der Waals surface area contributed by atoms with Crippen molar-refractivity contribution in [3.63, 3.8) is 0 Å². The Morgan fingerprint density at radius 1 is 1.42 bits per heavy atom. The third kappa shape index (κ3) is 3.17. The molecule has 9 heteroatoms.